The van der Waals surface area contributed by atoms with E-state index in [4.69, 9.17) is 21.2 Å². The number of hydrogen-bond acceptors (Lipinski definition) is 5. The number of oxime groups is 1. The van der Waals surface area contributed by atoms with Crippen LogP contribution in [0.3, 0.4) is 0 Å². The first-order chi connectivity index (χ1) is 12.4. The highest BCUT2D eigenvalue weighted by molar-refractivity contribution is 6.30. The van der Waals surface area contributed by atoms with Crippen molar-refractivity contribution in [3.63, 3.8) is 0 Å². The minimum absolute atomic E-state index is 0.00470. The summed E-state index contributed by atoms with van der Waals surface area (Å²) in [5.74, 6) is 0.950. The van der Waals surface area contributed by atoms with E-state index < -0.39 is 0 Å². The smallest absolute Gasteiger partial charge is 0.136 e. The van der Waals surface area contributed by atoms with Crippen LogP contribution in [-0.2, 0) is 4.84 Å². The third kappa shape index (κ3) is 4.22. The zero-order chi connectivity index (χ0) is 18.7. The molecule has 1 aliphatic heterocycles. The van der Waals surface area contributed by atoms with Crippen molar-refractivity contribution in [3.05, 3.63) is 52.5 Å². The second-order valence-electron chi connectivity index (χ2n) is 6.65. The zero-order valence-electron chi connectivity index (χ0n) is 14.8. The van der Waals surface area contributed by atoms with Crippen molar-refractivity contribution >= 4 is 17.3 Å². The number of nitrogens with zero attached hydrogens (tertiary/aromatic N) is 1. The van der Waals surface area contributed by atoms with E-state index in [9.17, 15) is 10.2 Å². The molecule has 138 valence electrons. The predicted molar refractivity (Wildman–Crippen MR) is 101 cm³/mol. The van der Waals surface area contributed by atoms with Crippen LogP contribution < -0.4 is 4.74 Å². The van der Waals surface area contributed by atoms with Gasteiger partial charge in [-0.25, -0.2) is 0 Å². The number of halogens is 1. The summed E-state index contributed by atoms with van der Waals surface area (Å²) in [5, 5.41) is 24.9. The summed E-state index contributed by atoms with van der Waals surface area (Å²) in [4.78, 5) is 5.48. The molecule has 0 amide bonds. The fourth-order valence-corrected chi connectivity index (χ4v) is 3.08. The highest BCUT2D eigenvalue weighted by Gasteiger charge is 2.25. The first-order valence-electron chi connectivity index (χ1n) is 8.61. The van der Waals surface area contributed by atoms with E-state index in [2.05, 4.69) is 5.16 Å². The highest BCUT2D eigenvalue weighted by atomic mass is 35.5. The molecule has 0 radical (unpaired) electrons. The van der Waals surface area contributed by atoms with E-state index in [0.717, 1.165) is 11.3 Å². The summed E-state index contributed by atoms with van der Waals surface area (Å²) >= 11 is 5.93. The van der Waals surface area contributed by atoms with Crippen LogP contribution >= 0.6 is 11.6 Å². The Balaban J connectivity index is 1.59. The normalized spacial score (nSPS) is 16.5. The van der Waals surface area contributed by atoms with Gasteiger partial charge in [-0.2, -0.15) is 0 Å². The Hall–Kier alpha value is -2.40. The van der Waals surface area contributed by atoms with Gasteiger partial charge < -0.3 is 19.8 Å². The minimum atomic E-state index is -0.111. The fraction of sp³-hybridized carbons (Fsp3) is 0.350. The largest absolute Gasteiger partial charge is 0.508 e. The summed E-state index contributed by atoms with van der Waals surface area (Å²) in [5.41, 5.74) is 2.05. The molecular weight excluding hydrogens is 354 g/mol. The lowest BCUT2D eigenvalue weighted by Gasteiger charge is -2.12. The number of ether oxygens (including phenoxy) is 1. The average Bonchev–Trinajstić information content (AvgIpc) is 3.03. The van der Waals surface area contributed by atoms with Gasteiger partial charge in [0.15, 0.2) is 0 Å². The Morgan fingerprint density at radius 2 is 2.04 bits per heavy atom. The van der Waals surface area contributed by atoms with Gasteiger partial charge in [0.25, 0.3) is 0 Å². The lowest BCUT2D eigenvalue weighted by molar-refractivity contribution is 0.0675. The van der Waals surface area contributed by atoms with Crippen molar-refractivity contribution in [2.45, 2.75) is 38.7 Å². The molecule has 1 atom stereocenters. The maximum Gasteiger partial charge on any atom is 0.136 e. The first kappa shape index (κ1) is 18.4. The van der Waals surface area contributed by atoms with Crippen molar-refractivity contribution < 1.29 is 19.8 Å². The molecule has 26 heavy (non-hydrogen) atoms. The molecule has 0 saturated heterocycles. The van der Waals surface area contributed by atoms with Gasteiger partial charge in [-0.15, -0.1) is 0 Å². The monoisotopic (exact) mass is 375 g/mol. The number of phenols is 2. The molecule has 0 bridgehead atoms. The molecule has 3 rings (SSSR count). The lowest BCUT2D eigenvalue weighted by Crippen LogP contribution is -2.13. The maximum absolute atomic E-state index is 10.2. The lowest BCUT2D eigenvalue weighted by atomic mass is 9.95. The SMILES string of the molecule is CC(C)c1cc(C2=NOC(CCOc3cccc(Cl)c3)C2)c(O)cc1O. The second-order valence-corrected chi connectivity index (χ2v) is 7.08. The quantitative estimate of drug-likeness (QED) is 0.758. The van der Waals surface area contributed by atoms with E-state index in [1.165, 1.54) is 6.07 Å². The number of hydrogen-bond donors (Lipinski definition) is 2. The molecule has 0 aliphatic carbocycles. The van der Waals surface area contributed by atoms with Crippen LogP contribution in [0.25, 0.3) is 0 Å². The molecular formula is C20H22ClNO4. The maximum atomic E-state index is 10.2. The van der Waals surface area contributed by atoms with Crippen LogP contribution in [0, 0.1) is 0 Å². The first-order valence-corrected chi connectivity index (χ1v) is 8.99. The Morgan fingerprint density at radius 3 is 2.77 bits per heavy atom. The number of phenolic OH excluding ortho intramolecular Hbond substituents is 2. The summed E-state index contributed by atoms with van der Waals surface area (Å²) in [6, 6.07) is 10.4. The molecule has 2 N–H and O–H groups in total. The van der Waals surface area contributed by atoms with Crippen molar-refractivity contribution in [2.24, 2.45) is 5.16 Å². The molecule has 0 aromatic heterocycles. The van der Waals surface area contributed by atoms with Crippen LogP contribution in [-0.4, -0.2) is 28.6 Å². The van der Waals surface area contributed by atoms with Gasteiger partial charge in [0, 0.05) is 29.5 Å². The molecule has 0 spiro atoms. The average molecular weight is 376 g/mol. The molecule has 2 aromatic rings. The molecule has 2 aromatic carbocycles. The van der Waals surface area contributed by atoms with Crippen LogP contribution in [0.4, 0.5) is 0 Å². The standard InChI is InChI=1S/C20H22ClNO4/c1-12(2)16-10-17(20(24)11-19(16)23)18-9-15(26-22-18)6-7-25-14-5-3-4-13(21)8-14/h3-5,8,10-12,15,23-24H,6-7,9H2,1-2H3. The van der Waals surface area contributed by atoms with Gasteiger partial charge in [-0.1, -0.05) is 36.7 Å². The molecule has 1 unspecified atom stereocenters. The molecule has 1 aliphatic rings. The number of rotatable bonds is 6. The topological polar surface area (TPSA) is 71.3 Å². The van der Waals surface area contributed by atoms with Crippen molar-refractivity contribution in [2.75, 3.05) is 6.61 Å². The van der Waals surface area contributed by atoms with Crippen LogP contribution in [0.5, 0.6) is 17.2 Å². The fourth-order valence-electron chi connectivity index (χ4n) is 2.89. The Kier molecular flexibility index (Phi) is 5.57. The summed E-state index contributed by atoms with van der Waals surface area (Å²) < 4.78 is 5.68. The van der Waals surface area contributed by atoms with Gasteiger partial charge in [0.1, 0.15) is 23.4 Å². The Labute approximate surface area is 157 Å². The summed E-state index contributed by atoms with van der Waals surface area (Å²) in [6.07, 6.45) is 1.13. The number of benzene rings is 2. The van der Waals surface area contributed by atoms with Crippen molar-refractivity contribution in [1.29, 1.82) is 0 Å². The summed E-state index contributed by atoms with van der Waals surface area (Å²) in [7, 11) is 0. The minimum Gasteiger partial charge on any atom is -0.508 e. The van der Waals surface area contributed by atoms with Gasteiger partial charge in [0.05, 0.1) is 12.3 Å². The Morgan fingerprint density at radius 1 is 1.23 bits per heavy atom. The zero-order valence-corrected chi connectivity index (χ0v) is 15.5. The van der Waals surface area contributed by atoms with Crippen LogP contribution in [0.1, 0.15) is 43.7 Å². The van der Waals surface area contributed by atoms with Gasteiger partial charge in [0.2, 0.25) is 0 Å². The van der Waals surface area contributed by atoms with E-state index in [1.54, 1.807) is 18.2 Å². The molecule has 5 nitrogen and oxygen atoms in total. The van der Waals surface area contributed by atoms with Gasteiger partial charge in [-0.05, 0) is 35.7 Å². The van der Waals surface area contributed by atoms with Crippen molar-refractivity contribution in [3.8, 4) is 17.2 Å². The van der Waals surface area contributed by atoms with E-state index >= 15 is 0 Å². The molecule has 0 saturated carbocycles. The van der Waals surface area contributed by atoms with Gasteiger partial charge in [-0.3, -0.25) is 0 Å². The van der Waals surface area contributed by atoms with Crippen LogP contribution in [0.2, 0.25) is 5.02 Å². The predicted octanol–water partition coefficient (Wildman–Crippen LogP) is 4.84. The summed E-state index contributed by atoms with van der Waals surface area (Å²) in [6.45, 7) is 4.45. The third-order valence-corrected chi connectivity index (χ3v) is 4.55. The van der Waals surface area contributed by atoms with E-state index in [0.29, 0.717) is 35.7 Å². The second kappa shape index (κ2) is 7.87. The molecule has 1 heterocycles. The third-order valence-electron chi connectivity index (χ3n) is 4.32. The van der Waals surface area contributed by atoms with Crippen LogP contribution in [0.15, 0.2) is 41.6 Å². The van der Waals surface area contributed by atoms with E-state index in [-0.39, 0.29) is 23.5 Å². The Bertz CT molecular complexity index is 819. The highest BCUT2D eigenvalue weighted by Crippen LogP contribution is 2.34. The van der Waals surface area contributed by atoms with Gasteiger partial charge >= 0.3 is 0 Å². The van der Waals surface area contributed by atoms with E-state index in [1.807, 2.05) is 26.0 Å². The molecule has 6 heteroatoms. The number of aromatic hydroxyl groups is 2. The van der Waals surface area contributed by atoms with Crippen molar-refractivity contribution in [1.82, 2.24) is 0 Å². The molecule has 0 fully saturated rings.